The number of rotatable bonds is 2. The van der Waals surface area contributed by atoms with E-state index < -0.39 is 5.97 Å². The molecule has 3 heteroatoms. The molecule has 1 N–H and O–H groups in total. The van der Waals surface area contributed by atoms with Gasteiger partial charge in [-0.25, -0.2) is 4.79 Å². The van der Waals surface area contributed by atoms with E-state index >= 15 is 0 Å². The van der Waals surface area contributed by atoms with Gasteiger partial charge in [-0.15, -0.1) is 0 Å². The highest BCUT2D eigenvalue weighted by molar-refractivity contribution is 6.32. The highest BCUT2D eigenvalue weighted by Gasteiger charge is 1.89. The number of hydrogen-bond donors (Lipinski definition) is 1. The van der Waals surface area contributed by atoms with Crippen LogP contribution in [0.25, 0.3) is 0 Å². The molecule has 0 heterocycles. The topological polar surface area (TPSA) is 37.3 Å². The maximum atomic E-state index is 9.89. The van der Waals surface area contributed by atoms with Gasteiger partial charge in [-0.05, 0) is 13.0 Å². The lowest BCUT2D eigenvalue weighted by Crippen LogP contribution is -1.86. The molecule has 50 valence electrons. The van der Waals surface area contributed by atoms with Crippen LogP contribution in [0.15, 0.2) is 23.3 Å². The summed E-state index contributed by atoms with van der Waals surface area (Å²) in [5.41, 5.74) is 0. The summed E-state index contributed by atoms with van der Waals surface area (Å²) in [7, 11) is 0. The summed E-state index contributed by atoms with van der Waals surface area (Å²) in [6.07, 6.45) is 4.11. The van der Waals surface area contributed by atoms with E-state index in [2.05, 4.69) is 0 Å². The molecule has 0 aliphatic rings. The van der Waals surface area contributed by atoms with Crippen LogP contribution < -0.4 is 0 Å². The summed E-state index contributed by atoms with van der Waals surface area (Å²) in [6, 6.07) is 0. The molecule has 2 nitrogen and oxygen atoms in total. The zero-order valence-corrected chi connectivity index (χ0v) is 5.72. The van der Waals surface area contributed by atoms with E-state index in [0.717, 1.165) is 6.08 Å². The van der Waals surface area contributed by atoms with Gasteiger partial charge in [0.25, 0.3) is 0 Å². The molecular weight excluding hydrogens is 140 g/mol. The second-order valence-corrected chi connectivity index (χ2v) is 1.80. The van der Waals surface area contributed by atoms with Gasteiger partial charge in [0.2, 0.25) is 0 Å². The maximum absolute atomic E-state index is 9.89. The SMILES string of the molecule is CC=CC(Cl)=CC(=O)O. The third kappa shape index (κ3) is 5.11. The fraction of sp³-hybridized carbons (Fsp3) is 0.167. The fourth-order valence-corrected chi connectivity index (χ4v) is 0.545. The highest BCUT2D eigenvalue weighted by Crippen LogP contribution is 2.01. The first-order valence-electron chi connectivity index (χ1n) is 2.39. The van der Waals surface area contributed by atoms with Crippen molar-refractivity contribution in [3.63, 3.8) is 0 Å². The molecule has 0 aromatic carbocycles. The van der Waals surface area contributed by atoms with E-state index in [0.29, 0.717) is 0 Å². The molecule has 0 aliphatic heterocycles. The average Bonchev–Trinajstić information content (AvgIpc) is 1.63. The number of carbonyl (C=O) groups is 1. The van der Waals surface area contributed by atoms with Crippen LogP contribution in [0.5, 0.6) is 0 Å². The molecule has 0 saturated heterocycles. The Hall–Kier alpha value is -0.760. The molecule has 0 aliphatic carbocycles. The van der Waals surface area contributed by atoms with Crippen molar-refractivity contribution >= 4 is 17.6 Å². The third-order valence-electron chi connectivity index (χ3n) is 0.587. The third-order valence-corrected chi connectivity index (χ3v) is 0.822. The number of hydrogen-bond acceptors (Lipinski definition) is 1. The Labute approximate surface area is 58.4 Å². The van der Waals surface area contributed by atoms with Crippen molar-refractivity contribution in [1.29, 1.82) is 0 Å². The van der Waals surface area contributed by atoms with Crippen LogP contribution in [-0.4, -0.2) is 11.1 Å². The van der Waals surface area contributed by atoms with Gasteiger partial charge in [-0.2, -0.15) is 0 Å². The molecule has 0 spiro atoms. The molecule has 0 rings (SSSR count). The van der Waals surface area contributed by atoms with Crippen molar-refractivity contribution < 1.29 is 9.90 Å². The molecule has 0 aromatic heterocycles. The first kappa shape index (κ1) is 8.24. The van der Waals surface area contributed by atoms with Crippen LogP contribution in [0.4, 0.5) is 0 Å². The first-order valence-corrected chi connectivity index (χ1v) is 2.77. The Balaban J connectivity index is 4.00. The number of carboxylic acid groups (broad SMARTS) is 1. The summed E-state index contributed by atoms with van der Waals surface area (Å²) in [4.78, 5) is 9.89. The molecule has 0 radical (unpaired) electrons. The normalized spacial score (nSPS) is 12.4. The zero-order chi connectivity index (χ0) is 7.28. The molecule has 9 heavy (non-hydrogen) atoms. The van der Waals surface area contributed by atoms with Crippen LogP contribution in [0.3, 0.4) is 0 Å². The monoisotopic (exact) mass is 146 g/mol. The summed E-state index contributed by atoms with van der Waals surface area (Å²) in [6.45, 7) is 1.76. The van der Waals surface area contributed by atoms with Crippen LogP contribution in [-0.2, 0) is 4.79 Å². The smallest absolute Gasteiger partial charge is 0.329 e. The number of aliphatic carboxylic acids is 1. The van der Waals surface area contributed by atoms with Gasteiger partial charge in [0, 0.05) is 11.1 Å². The Morgan fingerprint density at radius 1 is 1.67 bits per heavy atom. The van der Waals surface area contributed by atoms with Gasteiger partial charge in [-0.3, -0.25) is 0 Å². The lowest BCUT2D eigenvalue weighted by Gasteiger charge is -1.81. The molecule has 0 fully saturated rings. The van der Waals surface area contributed by atoms with Crippen LogP contribution in [0.2, 0.25) is 0 Å². The van der Waals surface area contributed by atoms with Gasteiger partial charge in [0.15, 0.2) is 0 Å². The van der Waals surface area contributed by atoms with E-state index in [-0.39, 0.29) is 5.03 Å². The maximum Gasteiger partial charge on any atom is 0.329 e. The van der Waals surface area contributed by atoms with Gasteiger partial charge >= 0.3 is 5.97 Å². The molecule has 0 atom stereocenters. The minimum atomic E-state index is -1.03. The van der Waals surface area contributed by atoms with E-state index in [1.54, 1.807) is 13.0 Å². The Bertz CT molecular complexity index is 158. The number of carboxylic acids is 1. The number of halogens is 1. The minimum Gasteiger partial charge on any atom is -0.478 e. The van der Waals surface area contributed by atoms with Gasteiger partial charge < -0.3 is 5.11 Å². The first-order chi connectivity index (χ1) is 4.16. The zero-order valence-electron chi connectivity index (χ0n) is 4.97. The van der Waals surface area contributed by atoms with Crippen molar-refractivity contribution in [2.75, 3.05) is 0 Å². The Morgan fingerprint density at radius 2 is 2.22 bits per heavy atom. The van der Waals surface area contributed by atoms with Gasteiger partial charge in [0.1, 0.15) is 0 Å². The standard InChI is InChI=1S/C6H7ClO2/c1-2-3-5(7)4-6(8)9/h2-4H,1H3,(H,8,9). The molecule has 0 amide bonds. The molecular formula is C6H7ClO2. The predicted octanol–water partition coefficient (Wildman–Crippen LogP) is 1.77. The van der Waals surface area contributed by atoms with E-state index in [1.807, 2.05) is 0 Å². The second kappa shape index (κ2) is 4.15. The summed E-state index contributed by atoms with van der Waals surface area (Å²) >= 11 is 5.37. The van der Waals surface area contributed by atoms with Crippen molar-refractivity contribution in [3.8, 4) is 0 Å². The van der Waals surface area contributed by atoms with Crippen molar-refractivity contribution in [3.05, 3.63) is 23.3 Å². The quantitative estimate of drug-likeness (QED) is 0.476. The minimum absolute atomic E-state index is 0.227. The van der Waals surface area contributed by atoms with Gasteiger partial charge in [-0.1, -0.05) is 17.7 Å². The second-order valence-electron chi connectivity index (χ2n) is 1.37. The molecule has 0 unspecified atom stereocenters. The lowest BCUT2D eigenvalue weighted by molar-refractivity contribution is -0.131. The fourth-order valence-electron chi connectivity index (χ4n) is 0.325. The van der Waals surface area contributed by atoms with Crippen molar-refractivity contribution in [2.24, 2.45) is 0 Å². The predicted molar refractivity (Wildman–Crippen MR) is 36.4 cm³/mol. The van der Waals surface area contributed by atoms with Crippen molar-refractivity contribution in [1.82, 2.24) is 0 Å². The van der Waals surface area contributed by atoms with Crippen molar-refractivity contribution in [2.45, 2.75) is 6.92 Å². The van der Waals surface area contributed by atoms with Crippen LogP contribution in [0, 0.1) is 0 Å². The van der Waals surface area contributed by atoms with Crippen LogP contribution in [0.1, 0.15) is 6.92 Å². The average molecular weight is 147 g/mol. The van der Waals surface area contributed by atoms with Gasteiger partial charge in [0.05, 0.1) is 0 Å². The summed E-state index contributed by atoms with van der Waals surface area (Å²) in [5.74, 6) is -1.03. The Kier molecular flexibility index (Phi) is 3.80. The van der Waals surface area contributed by atoms with Crippen LogP contribution >= 0.6 is 11.6 Å². The highest BCUT2D eigenvalue weighted by atomic mass is 35.5. The number of allylic oxidation sites excluding steroid dienone is 3. The summed E-state index contributed by atoms with van der Waals surface area (Å²) < 4.78 is 0. The lowest BCUT2D eigenvalue weighted by atomic mass is 10.4. The molecule has 0 bridgehead atoms. The molecule has 0 saturated carbocycles. The van der Waals surface area contributed by atoms with E-state index in [9.17, 15) is 4.79 Å². The Morgan fingerprint density at radius 3 is 2.56 bits per heavy atom. The largest absolute Gasteiger partial charge is 0.478 e. The molecule has 0 aromatic rings. The van der Waals surface area contributed by atoms with E-state index in [4.69, 9.17) is 16.7 Å². The summed E-state index contributed by atoms with van der Waals surface area (Å²) in [5, 5.41) is 8.34. The van der Waals surface area contributed by atoms with E-state index in [1.165, 1.54) is 6.08 Å².